The molecule has 0 aromatic heterocycles. The van der Waals surface area contributed by atoms with E-state index in [2.05, 4.69) is 17.5 Å². The van der Waals surface area contributed by atoms with Gasteiger partial charge in [0.2, 0.25) is 0 Å². The fourth-order valence-corrected chi connectivity index (χ4v) is 3.84. The fraction of sp³-hybridized carbons (Fsp3) is 0.250. The monoisotopic (exact) mass is 323 g/mol. The first-order chi connectivity index (χ1) is 11.7. The Hall–Kier alpha value is -2.62. The highest BCUT2D eigenvalue weighted by molar-refractivity contribution is 5.89. The topological polar surface area (TPSA) is 38.3 Å². The molecule has 0 saturated carbocycles. The molecule has 0 bridgehead atoms. The number of carbonyl (C=O) groups excluding carboxylic acids is 1. The molecule has 122 valence electrons. The molecule has 24 heavy (non-hydrogen) atoms. The van der Waals surface area contributed by atoms with Gasteiger partial charge in [0.1, 0.15) is 5.82 Å². The molecule has 1 aliphatic heterocycles. The van der Waals surface area contributed by atoms with Crippen LogP contribution >= 0.6 is 0 Å². The van der Waals surface area contributed by atoms with Crippen LogP contribution in [0.15, 0.2) is 54.6 Å². The zero-order valence-corrected chi connectivity index (χ0v) is 13.3. The second-order valence-electron chi connectivity index (χ2n) is 6.32. The third-order valence-corrected chi connectivity index (χ3v) is 5.02. The highest BCUT2D eigenvalue weighted by Gasteiger charge is 2.37. The van der Waals surface area contributed by atoms with Crippen molar-refractivity contribution in [2.75, 3.05) is 12.4 Å². The number of halogens is 1. The van der Waals surface area contributed by atoms with Crippen LogP contribution in [0, 0.1) is 11.7 Å². The molecule has 2 aromatic rings. The van der Waals surface area contributed by atoms with E-state index in [1.54, 1.807) is 18.2 Å². The van der Waals surface area contributed by atoms with Crippen molar-refractivity contribution in [3.63, 3.8) is 0 Å². The summed E-state index contributed by atoms with van der Waals surface area (Å²) in [6, 6.07) is 12.6. The molecule has 3 atom stereocenters. The van der Waals surface area contributed by atoms with Crippen molar-refractivity contribution in [2.24, 2.45) is 5.92 Å². The number of nitrogens with one attached hydrogen (secondary N) is 1. The van der Waals surface area contributed by atoms with Gasteiger partial charge in [-0.25, -0.2) is 9.18 Å². The van der Waals surface area contributed by atoms with E-state index in [1.165, 1.54) is 13.2 Å². The maximum absolute atomic E-state index is 13.6. The maximum atomic E-state index is 13.6. The van der Waals surface area contributed by atoms with Crippen molar-refractivity contribution in [1.82, 2.24) is 0 Å². The highest BCUT2D eigenvalue weighted by atomic mass is 19.1. The first-order valence-corrected chi connectivity index (χ1v) is 8.08. The first-order valence-electron chi connectivity index (χ1n) is 8.08. The Morgan fingerprint density at radius 3 is 2.75 bits per heavy atom. The van der Waals surface area contributed by atoms with Gasteiger partial charge in [-0.3, -0.25) is 0 Å². The minimum atomic E-state index is -0.334. The molecule has 0 fully saturated rings. The summed E-state index contributed by atoms with van der Waals surface area (Å²) in [7, 11) is 1.38. The number of anilines is 1. The molecule has 1 N–H and O–H groups in total. The van der Waals surface area contributed by atoms with Crippen LogP contribution in [0.1, 0.15) is 39.9 Å². The molecule has 1 aliphatic carbocycles. The van der Waals surface area contributed by atoms with Gasteiger partial charge >= 0.3 is 5.97 Å². The molecule has 2 aliphatic rings. The van der Waals surface area contributed by atoms with E-state index in [9.17, 15) is 9.18 Å². The van der Waals surface area contributed by atoms with E-state index in [-0.39, 0.29) is 23.7 Å². The van der Waals surface area contributed by atoms with E-state index in [1.807, 2.05) is 18.2 Å². The molecule has 0 saturated heterocycles. The van der Waals surface area contributed by atoms with Crippen LogP contribution in [0.5, 0.6) is 0 Å². The van der Waals surface area contributed by atoms with Gasteiger partial charge in [0.25, 0.3) is 0 Å². The smallest absolute Gasteiger partial charge is 0.337 e. The van der Waals surface area contributed by atoms with E-state index in [0.717, 1.165) is 23.2 Å². The Morgan fingerprint density at radius 1 is 1.21 bits per heavy atom. The van der Waals surface area contributed by atoms with E-state index < -0.39 is 0 Å². The summed E-state index contributed by atoms with van der Waals surface area (Å²) in [5.41, 5.74) is 3.67. The summed E-state index contributed by atoms with van der Waals surface area (Å²) in [6.07, 6.45) is 5.31. The zero-order valence-electron chi connectivity index (χ0n) is 13.3. The molecule has 3 unspecified atom stereocenters. The predicted octanol–water partition coefficient (Wildman–Crippen LogP) is 4.44. The molecule has 1 heterocycles. The molecule has 4 rings (SSSR count). The molecule has 0 spiro atoms. The van der Waals surface area contributed by atoms with Gasteiger partial charge in [-0.1, -0.05) is 24.3 Å². The molecule has 4 heteroatoms. The zero-order chi connectivity index (χ0) is 16.7. The van der Waals surface area contributed by atoms with Crippen LogP contribution in [-0.2, 0) is 4.74 Å². The number of allylic oxidation sites excluding steroid dienone is 2. The van der Waals surface area contributed by atoms with Crippen molar-refractivity contribution in [3.8, 4) is 0 Å². The Kier molecular flexibility index (Phi) is 3.60. The Balaban J connectivity index is 1.69. The molecular weight excluding hydrogens is 305 g/mol. The number of hydrogen-bond donors (Lipinski definition) is 1. The molecule has 3 nitrogen and oxygen atoms in total. The van der Waals surface area contributed by atoms with Crippen LogP contribution in [0.4, 0.5) is 10.1 Å². The van der Waals surface area contributed by atoms with E-state index in [0.29, 0.717) is 11.5 Å². The first kappa shape index (κ1) is 14.9. The number of hydrogen-bond acceptors (Lipinski definition) is 3. The molecule has 0 radical (unpaired) electrons. The van der Waals surface area contributed by atoms with Gasteiger partial charge in [-0.05, 0) is 53.8 Å². The largest absolute Gasteiger partial charge is 0.465 e. The Bertz CT molecular complexity index is 813. The second kappa shape index (κ2) is 5.78. The molecule has 2 aromatic carbocycles. The van der Waals surface area contributed by atoms with E-state index >= 15 is 0 Å². The summed E-state index contributed by atoms with van der Waals surface area (Å²) >= 11 is 0. The van der Waals surface area contributed by atoms with Crippen molar-refractivity contribution < 1.29 is 13.9 Å². The summed E-state index contributed by atoms with van der Waals surface area (Å²) in [4.78, 5) is 11.6. The van der Waals surface area contributed by atoms with Crippen LogP contribution in [0.25, 0.3) is 0 Å². The van der Waals surface area contributed by atoms with Crippen LogP contribution in [0.2, 0.25) is 0 Å². The van der Waals surface area contributed by atoms with Crippen molar-refractivity contribution in [3.05, 3.63) is 77.1 Å². The standard InChI is InChI=1S/C20H18FNO2/c1-24-20(23)13-7-5-12(6-8-13)19-16-4-2-3-15(16)17-11-14(21)9-10-18(17)22-19/h2-3,5-11,15-16,19,22H,4H2,1H3. The van der Waals surface area contributed by atoms with Gasteiger partial charge in [0, 0.05) is 11.6 Å². The van der Waals surface area contributed by atoms with Crippen LogP contribution < -0.4 is 5.32 Å². The normalized spacial score (nSPS) is 24.0. The van der Waals surface area contributed by atoms with Crippen LogP contribution in [0.3, 0.4) is 0 Å². The van der Waals surface area contributed by atoms with Gasteiger partial charge in [-0.15, -0.1) is 0 Å². The summed E-state index contributed by atoms with van der Waals surface area (Å²) in [6.45, 7) is 0. The number of esters is 1. The molecular formula is C20H18FNO2. The number of carbonyl (C=O) groups is 1. The number of ether oxygens (including phenoxy) is 1. The fourth-order valence-electron chi connectivity index (χ4n) is 3.84. The Morgan fingerprint density at radius 2 is 2.00 bits per heavy atom. The third kappa shape index (κ3) is 2.39. The summed E-state index contributed by atoms with van der Waals surface area (Å²) in [5, 5.41) is 3.55. The van der Waals surface area contributed by atoms with Crippen LogP contribution in [-0.4, -0.2) is 13.1 Å². The average Bonchev–Trinajstić information content (AvgIpc) is 3.11. The minimum absolute atomic E-state index is 0.134. The number of fused-ring (bicyclic) bond motifs is 3. The van der Waals surface area contributed by atoms with Gasteiger partial charge < -0.3 is 10.1 Å². The lowest BCUT2D eigenvalue weighted by molar-refractivity contribution is 0.0600. The van der Waals surface area contributed by atoms with Crippen molar-refractivity contribution >= 4 is 11.7 Å². The minimum Gasteiger partial charge on any atom is -0.465 e. The number of benzene rings is 2. The average molecular weight is 323 g/mol. The maximum Gasteiger partial charge on any atom is 0.337 e. The van der Waals surface area contributed by atoms with Crippen molar-refractivity contribution in [2.45, 2.75) is 18.4 Å². The predicted molar refractivity (Wildman–Crippen MR) is 90.5 cm³/mol. The Labute approximate surface area is 140 Å². The number of methoxy groups -OCH3 is 1. The SMILES string of the molecule is COC(=O)c1ccc(C2Nc3ccc(F)cc3C3C=CCC32)cc1. The lowest BCUT2D eigenvalue weighted by atomic mass is 9.77. The summed E-state index contributed by atoms with van der Waals surface area (Å²) < 4.78 is 18.4. The quantitative estimate of drug-likeness (QED) is 0.656. The highest BCUT2D eigenvalue weighted by Crippen LogP contribution is 2.49. The van der Waals surface area contributed by atoms with Gasteiger partial charge in [0.15, 0.2) is 0 Å². The number of rotatable bonds is 2. The van der Waals surface area contributed by atoms with E-state index in [4.69, 9.17) is 4.74 Å². The third-order valence-electron chi connectivity index (χ3n) is 5.02. The summed E-state index contributed by atoms with van der Waals surface area (Å²) in [5.74, 6) is 0.0420. The van der Waals surface area contributed by atoms with Crippen molar-refractivity contribution in [1.29, 1.82) is 0 Å². The second-order valence-corrected chi connectivity index (χ2v) is 6.32. The lowest BCUT2D eigenvalue weighted by Gasteiger charge is -2.37. The molecule has 0 amide bonds. The van der Waals surface area contributed by atoms with Gasteiger partial charge in [0.05, 0.1) is 18.7 Å². The lowest BCUT2D eigenvalue weighted by Crippen LogP contribution is -2.29. The van der Waals surface area contributed by atoms with Gasteiger partial charge in [-0.2, -0.15) is 0 Å².